The van der Waals surface area contributed by atoms with Gasteiger partial charge in [-0.3, -0.25) is 0 Å². The zero-order valence-corrected chi connectivity index (χ0v) is 12.6. The predicted molar refractivity (Wildman–Crippen MR) is 82.2 cm³/mol. The molecule has 5 heteroatoms. The van der Waals surface area contributed by atoms with Gasteiger partial charge in [0.05, 0.1) is 0 Å². The molecule has 0 bridgehead atoms. The van der Waals surface area contributed by atoms with Crippen molar-refractivity contribution in [3.8, 4) is 5.75 Å². The summed E-state index contributed by atoms with van der Waals surface area (Å²) >= 11 is 5.92. The van der Waals surface area contributed by atoms with Crippen molar-refractivity contribution < 1.29 is 13.5 Å². The van der Waals surface area contributed by atoms with Gasteiger partial charge in [-0.25, -0.2) is 8.78 Å². The molecule has 2 aromatic carbocycles. The Balaban J connectivity index is 1.93. The summed E-state index contributed by atoms with van der Waals surface area (Å²) < 4.78 is 33.0. The topological polar surface area (TPSA) is 21.3 Å². The Labute approximate surface area is 133 Å². The van der Waals surface area contributed by atoms with Gasteiger partial charge < -0.3 is 10.1 Å². The monoisotopic (exact) mass is 323 g/mol. The third kappa shape index (κ3) is 3.23. The predicted octanol–water partition coefficient (Wildman–Crippen LogP) is 4.35. The molecule has 1 aliphatic heterocycles. The van der Waals surface area contributed by atoms with Crippen LogP contribution in [-0.4, -0.2) is 13.1 Å². The van der Waals surface area contributed by atoms with Crippen LogP contribution in [0.5, 0.6) is 5.75 Å². The van der Waals surface area contributed by atoms with Gasteiger partial charge in [0.2, 0.25) is 0 Å². The molecule has 2 unspecified atom stereocenters. The smallest absolute Gasteiger partial charge is 0.148 e. The number of nitrogens with one attached hydrogen (secondary N) is 1. The molecule has 0 aromatic heterocycles. The third-order valence-corrected chi connectivity index (χ3v) is 4.24. The van der Waals surface area contributed by atoms with Gasteiger partial charge in [-0.05, 0) is 18.5 Å². The van der Waals surface area contributed by atoms with Crippen molar-refractivity contribution in [3.05, 3.63) is 64.7 Å². The first-order valence-electron chi connectivity index (χ1n) is 7.22. The number of rotatable bonds is 4. The summed E-state index contributed by atoms with van der Waals surface area (Å²) in [5.74, 6) is -1.24. The molecular formula is C17H16ClF2NO. The highest BCUT2D eigenvalue weighted by Crippen LogP contribution is 2.36. The first kappa shape index (κ1) is 15.3. The standard InChI is InChI=1S/C17H16ClF2NO/c18-16-14(20)8-13(19)9-15(16)22-17(12-6-7-21-10-12)11-4-2-1-3-5-11/h1-5,8-9,12,17,21H,6-7,10H2. The van der Waals surface area contributed by atoms with Crippen molar-refractivity contribution in [2.45, 2.75) is 12.5 Å². The van der Waals surface area contributed by atoms with Crippen LogP contribution in [0, 0.1) is 17.6 Å². The first-order valence-corrected chi connectivity index (χ1v) is 7.60. The maximum Gasteiger partial charge on any atom is 0.148 e. The van der Waals surface area contributed by atoms with Gasteiger partial charge in [-0.15, -0.1) is 0 Å². The van der Waals surface area contributed by atoms with Crippen LogP contribution in [0.1, 0.15) is 18.1 Å². The Morgan fingerprint density at radius 3 is 2.64 bits per heavy atom. The van der Waals surface area contributed by atoms with Crippen LogP contribution in [0.25, 0.3) is 0 Å². The number of ether oxygens (including phenoxy) is 1. The molecule has 2 aromatic rings. The molecule has 1 aliphatic rings. The largest absolute Gasteiger partial charge is 0.484 e. The van der Waals surface area contributed by atoms with Crippen molar-refractivity contribution >= 4 is 11.6 Å². The van der Waals surface area contributed by atoms with E-state index in [4.69, 9.17) is 16.3 Å². The van der Waals surface area contributed by atoms with E-state index in [0.717, 1.165) is 37.2 Å². The molecule has 116 valence electrons. The second-order valence-electron chi connectivity index (χ2n) is 5.40. The van der Waals surface area contributed by atoms with Crippen molar-refractivity contribution in [1.29, 1.82) is 0 Å². The van der Waals surface area contributed by atoms with Crippen LogP contribution in [0.3, 0.4) is 0 Å². The van der Waals surface area contributed by atoms with Gasteiger partial charge in [-0.2, -0.15) is 0 Å². The first-order chi connectivity index (χ1) is 10.6. The maximum absolute atomic E-state index is 13.6. The van der Waals surface area contributed by atoms with Gasteiger partial charge in [0, 0.05) is 24.6 Å². The van der Waals surface area contributed by atoms with Crippen LogP contribution in [0.4, 0.5) is 8.78 Å². The van der Waals surface area contributed by atoms with Crippen LogP contribution < -0.4 is 10.1 Å². The summed E-state index contributed by atoms with van der Waals surface area (Å²) in [6, 6.07) is 11.5. The van der Waals surface area contributed by atoms with Gasteiger partial charge in [-0.1, -0.05) is 41.9 Å². The van der Waals surface area contributed by atoms with Gasteiger partial charge in [0.25, 0.3) is 0 Å². The molecule has 1 fully saturated rings. The molecule has 2 nitrogen and oxygen atoms in total. The van der Waals surface area contributed by atoms with E-state index in [-0.39, 0.29) is 22.8 Å². The summed E-state index contributed by atoms with van der Waals surface area (Å²) in [6.07, 6.45) is 0.643. The molecule has 1 N–H and O–H groups in total. The highest BCUT2D eigenvalue weighted by atomic mass is 35.5. The summed E-state index contributed by atoms with van der Waals surface area (Å²) in [5.41, 5.74) is 0.969. The van der Waals surface area contributed by atoms with Crippen molar-refractivity contribution in [2.75, 3.05) is 13.1 Å². The Morgan fingerprint density at radius 2 is 1.95 bits per heavy atom. The van der Waals surface area contributed by atoms with Crippen LogP contribution in [-0.2, 0) is 0 Å². The second kappa shape index (κ2) is 6.63. The van der Waals surface area contributed by atoms with Gasteiger partial charge in [0.1, 0.15) is 28.5 Å². The Morgan fingerprint density at radius 1 is 1.18 bits per heavy atom. The maximum atomic E-state index is 13.6. The molecule has 1 heterocycles. The molecule has 2 atom stereocenters. The minimum absolute atomic E-state index is 0.0416. The molecule has 0 amide bonds. The van der Waals surface area contributed by atoms with Gasteiger partial charge in [0.15, 0.2) is 0 Å². The van der Waals surface area contributed by atoms with E-state index in [0.29, 0.717) is 0 Å². The number of hydrogen-bond acceptors (Lipinski definition) is 2. The average Bonchev–Trinajstić information content (AvgIpc) is 3.04. The molecule has 0 spiro atoms. The highest BCUT2D eigenvalue weighted by Gasteiger charge is 2.29. The summed E-state index contributed by atoms with van der Waals surface area (Å²) in [5, 5.41) is 3.10. The molecule has 0 radical (unpaired) electrons. The fourth-order valence-corrected chi connectivity index (χ4v) is 2.92. The lowest BCUT2D eigenvalue weighted by Gasteiger charge is -2.25. The van der Waals surface area contributed by atoms with E-state index in [9.17, 15) is 8.78 Å². The van der Waals surface area contributed by atoms with E-state index in [1.165, 1.54) is 0 Å². The number of benzene rings is 2. The summed E-state index contributed by atoms with van der Waals surface area (Å²) in [4.78, 5) is 0. The third-order valence-electron chi connectivity index (χ3n) is 3.87. The Bertz CT molecular complexity index is 645. The van der Waals surface area contributed by atoms with Crippen molar-refractivity contribution in [3.63, 3.8) is 0 Å². The number of hydrogen-bond donors (Lipinski definition) is 1. The lowest BCUT2D eigenvalue weighted by atomic mass is 9.95. The normalized spacial score (nSPS) is 19.1. The fraction of sp³-hybridized carbons (Fsp3) is 0.294. The number of halogens is 3. The highest BCUT2D eigenvalue weighted by molar-refractivity contribution is 6.32. The summed E-state index contributed by atoms with van der Waals surface area (Å²) in [7, 11) is 0. The van der Waals surface area contributed by atoms with E-state index >= 15 is 0 Å². The minimum Gasteiger partial charge on any atom is -0.484 e. The molecule has 1 saturated heterocycles. The molecule has 22 heavy (non-hydrogen) atoms. The van der Waals surface area contributed by atoms with Crippen LogP contribution >= 0.6 is 11.6 Å². The van der Waals surface area contributed by atoms with E-state index in [1.54, 1.807) is 0 Å². The molecule has 0 aliphatic carbocycles. The van der Waals surface area contributed by atoms with E-state index < -0.39 is 11.6 Å². The van der Waals surface area contributed by atoms with E-state index in [2.05, 4.69) is 5.32 Å². The fourth-order valence-electron chi connectivity index (χ4n) is 2.77. The lowest BCUT2D eigenvalue weighted by Crippen LogP contribution is -2.21. The van der Waals surface area contributed by atoms with Crippen molar-refractivity contribution in [2.24, 2.45) is 5.92 Å². The van der Waals surface area contributed by atoms with Crippen molar-refractivity contribution in [1.82, 2.24) is 5.32 Å². The zero-order valence-electron chi connectivity index (χ0n) is 11.9. The molecule has 0 saturated carbocycles. The van der Waals surface area contributed by atoms with Gasteiger partial charge >= 0.3 is 0 Å². The van der Waals surface area contributed by atoms with Crippen LogP contribution in [0.2, 0.25) is 5.02 Å². The second-order valence-corrected chi connectivity index (χ2v) is 5.78. The Kier molecular flexibility index (Phi) is 4.60. The SMILES string of the molecule is Fc1cc(F)c(Cl)c(OC(c2ccccc2)C2CCNC2)c1. The quantitative estimate of drug-likeness (QED) is 0.845. The summed E-state index contributed by atoms with van der Waals surface area (Å²) in [6.45, 7) is 1.71. The molecule has 3 rings (SSSR count). The Hall–Kier alpha value is -1.65. The molecular weight excluding hydrogens is 308 g/mol. The zero-order chi connectivity index (χ0) is 15.5. The van der Waals surface area contributed by atoms with Crippen LogP contribution in [0.15, 0.2) is 42.5 Å². The van der Waals surface area contributed by atoms with E-state index in [1.807, 2.05) is 30.3 Å². The lowest BCUT2D eigenvalue weighted by molar-refractivity contribution is 0.143. The average molecular weight is 324 g/mol. The minimum atomic E-state index is -0.812.